The molecule has 2 heterocycles. The van der Waals surface area contributed by atoms with Crippen LogP contribution < -0.4 is 22.1 Å². The number of amides is 2. The molecule has 0 saturated carbocycles. The maximum atomic E-state index is 10.5. The zero-order valence-corrected chi connectivity index (χ0v) is 12.1. The van der Waals surface area contributed by atoms with Crippen LogP contribution in [0, 0.1) is 10.8 Å². The fourth-order valence-corrected chi connectivity index (χ4v) is 0.919. The molecule has 2 aliphatic rings. The standard InChI is InChI=1S/2C4H6N4O.H2O4S/c2*5-2-3(6)7-1-8-4(2)9;1-5(2,3)4/h2*1-2H,5H2,(H2,6,7,8,9);(H2,1,2,3,4). The topological polar surface area (TPSA) is 257 Å². The molecule has 0 radical (unpaired) electrons. The van der Waals surface area contributed by atoms with Gasteiger partial charge in [-0.25, -0.2) is 9.98 Å². The van der Waals surface area contributed by atoms with Gasteiger partial charge in [0.15, 0.2) is 0 Å². The Kier molecular flexibility index (Phi) is 7.77. The fourth-order valence-electron chi connectivity index (χ4n) is 0.919. The normalized spacial score (nSPS) is 23.0. The van der Waals surface area contributed by atoms with E-state index < -0.39 is 22.5 Å². The highest BCUT2D eigenvalue weighted by molar-refractivity contribution is 7.79. The summed E-state index contributed by atoms with van der Waals surface area (Å²) in [4.78, 5) is 28.0. The molecule has 23 heavy (non-hydrogen) atoms. The lowest BCUT2D eigenvalue weighted by atomic mass is 10.2. The van der Waals surface area contributed by atoms with Gasteiger partial charge < -0.3 is 22.1 Å². The van der Waals surface area contributed by atoms with Gasteiger partial charge in [0.1, 0.15) is 23.8 Å². The van der Waals surface area contributed by atoms with Gasteiger partial charge in [-0.3, -0.25) is 29.5 Å². The first-order valence-electron chi connectivity index (χ1n) is 5.47. The molecule has 14 nitrogen and oxygen atoms in total. The molecule has 128 valence electrons. The highest BCUT2D eigenvalue weighted by Gasteiger charge is 2.20. The van der Waals surface area contributed by atoms with Gasteiger partial charge in [-0.15, -0.1) is 0 Å². The smallest absolute Gasteiger partial charge is 0.315 e. The summed E-state index contributed by atoms with van der Waals surface area (Å²) in [5.74, 6) is -0.956. The number of carbonyl (C=O) groups is 2. The Hall–Kier alpha value is -2.59. The van der Waals surface area contributed by atoms with Crippen molar-refractivity contribution in [2.24, 2.45) is 21.5 Å². The number of hydrogen-bond donors (Lipinski definition) is 8. The first-order valence-corrected chi connectivity index (χ1v) is 6.87. The zero-order valence-electron chi connectivity index (χ0n) is 11.3. The van der Waals surface area contributed by atoms with Crippen molar-refractivity contribution in [1.29, 1.82) is 10.8 Å². The van der Waals surface area contributed by atoms with Crippen molar-refractivity contribution in [1.82, 2.24) is 10.6 Å². The summed E-state index contributed by atoms with van der Waals surface area (Å²) in [7, 11) is -4.67. The molecule has 0 aromatic heterocycles. The van der Waals surface area contributed by atoms with E-state index in [2.05, 4.69) is 20.6 Å². The van der Waals surface area contributed by atoms with Gasteiger partial charge in [-0.2, -0.15) is 8.42 Å². The van der Waals surface area contributed by atoms with Gasteiger partial charge in [0.2, 0.25) is 11.8 Å². The maximum absolute atomic E-state index is 10.5. The van der Waals surface area contributed by atoms with Crippen LogP contribution in [0.2, 0.25) is 0 Å². The van der Waals surface area contributed by atoms with Crippen LogP contribution in [-0.2, 0) is 20.0 Å². The largest absolute Gasteiger partial charge is 0.394 e. The lowest BCUT2D eigenvalue weighted by molar-refractivity contribution is -0.120. The Labute approximate surface area is 129 Å². The first-order chi connectivity index (χ1) is 10.4. The Morgan fingerprint density at radius 2 is 1.22 bits per heavy atom. The van der Waals surface area contributed by atoms with E-state index in [-0.39, 0.29) is 23.5 Å². The number of amidine groups is 2. The van der Waals surface area contributed by atoms with Crippen LogP contribution in [0.25, 0.3) is 0 Å². The summed E-state index contributed by atoms with van der Waals surface area (Å²) in [6.45, 7) is 0. The second kappa shape index (κ2) is 8.76. The third-order valence-electron chi connectivity index (χ3n) is 1.98. The molecular formula is C8H14N8O6S. The molecular weight excluding hydrogens is 336 g/mol. The van der Waals surface area contributed by atoms with Crippen LogP contribution >= 0.6 is 0 Å². The van der Waals surface area contributed by atoms with Crippen molar-refractivity contribution >= 4 is 46.6 Å². The summed E-state index contributed by atoms with van der Waals surface area (Å²) < 4.78 is 31.6. The summed E-state index contributed by atoms with van der Waals surface area (Å²) >= 11 is 0. The molecule has 2 aliphatic heterocycles. The Balaban J connectivity index is 0.000000332. The van der Waals surface area contributed by atoms with E-state index >= 15 is 0 Å². The summed E-state index contributed by atoms with van der Waals surface area (Å²) in [6.07, 6.45) is 2.32. The van der Waals surface area contributed by atoms with Gasteiger partial charge in [0.05, 0.1) is 12.7 Å². The number of aliphatic imine (C=N–C) groups is 2. The van der Waals surface area contributed by atoms with E-state index in [0.29, 0.717) is 0 Å². The van der Waals surface area contributed by atoms with Crippen LogP contribution in [0.1, 0.15) is 0 Å². The molecule has 0 saturated heterocycles. The van der Waals surface area contributed by atoms with E-state index in [1.165, 1.54) is 0 Å². The third kappa shape index (κ3) is 9.11. The molecule has 0 aromatic carbocycles. The van der Waals surface area contributed by atoms with Crippen molar-refractivity contribution in [2.45, 2.75) is 12.1 Å². The number of carbonyl (C=O) groups excluding carboxylic acids is 2. The second-order valence-corrected chi connectivity index (χ2v) is 4.60. The fraction of sp³-hybridized carbons (Fsp3) is 0.250. The number of nitrogens with one attached hydrogen (secondary N) is 4. The predicted molar refractivity (Wildman–Crippen MR) is 78.9 cm³/mol. The summed E-state index contributed by atoms with van der Waals surface area (Å²) in [6, 6.07) is -1.79. The van der Waals surface area contributed by atoms with Crippen molar-refractivity contribution in [3.05, 3.63) is 0 Å². The Bertz CT molecular complexity index is 605. The molecule has 2 amide bonds. The van der Waals surface area contributed by atoms with E-state index in [1.54, 1.807) is 0 Å². The minimum Gasteiger partial charge on any atom is -0.315 e. The summed E-state index contributed by atoms with van der Waals surface area (Å²) in [5, 5.41) is 18.4. The molecule has 0 fully saturated rings. The van der Waals surface area contributed by atoms with Crippen molar-refractivity contribution in [2.75, 3.05) is 0 Å². The molecule has 0 aromatic rings. The minimum absolute atomic E-state index is 0.0984. The van der Waals surface area contributed by atoms with Gasteiger partial charge in [0, 0.05) is 0 Å². The van der Waals surface area contributed by atoms with Crippen LogP contribution in [0.4, 0.5) is 0 Å². The quantitative estimate of drug-likeness (QED) is 0.201. The molecule has 15 heteroatoms. The van der Waals surface area contributed by atoms with Crippen molar-refractivity contribution in [3.63, 3.8) is 0 Å². The minimum atomic E-state index is -4.67. The lowest BCUT2D eigenvalue weighted by Gasteiger charge is -2.11. The van der Waals surface area contributed by atoms with Gasteiger partial charge >= 0.3 is 10.4 Å². The molecule has 0 spiro atoms. The van der Waals surface area contributed by atoms with Crippen molar-refractivity contribution in [3.8, 4) is 0 Å². The highest BCUT2D eigenvalue weighted by Crippen LogP contribution is 1.88. The monoisotopic (exact) mass is 350 g/mol. The molecule has 2 rings (SSSR count). The van der Waals surface area contributed by atoms with Gasteiger partial charge in [0.25, 0.3) is 0 Å². The number of hydrogen-bond acceptors (Lipinski definition) is 8. The number of nitrogens with zero attached hydrogens (tertiary/aromatic N) is 2. The van der Waals surface area contributed by atoms with Crippen molar-refractivity contribution < 1.29 is 27.1 Å². The summed E-state index contributed by atoms with van der Waals surface area (Å²) in [5.41, 5.74) is 10.3. The maximum Gasteiger partial charge on any atom is 0.394 e. The molecule has 10 N–H and O–H groups in total. The van der Waals surface area contributed by atoms with Gasteiger partial charge in [-0.05, 0) is 0 Å². The SMILES string of the molecule is N=C1N=CNC(=O)C1N.N=C1N=CNC(=O)C1N.O=S(=O)(O)O. The van der Waals surface area contributed by atoms with Crippen LogP contribution in [0.3, 0.4) is 0 Å². The first kappa shape index (κ1) is 20.4. The molecule has 0 bridgehead atoms. The van der Waals surface area contributed by atoms with E-state index in [0.717, 1.165) is 12.7 Å². The highest BCUT2D eigenvalue weighted by atomic mass is 32.3. The van der Waals surface area contributed by atoms with Crippen LogP contribution in [-0.4, -0.2) is 65.8 Å². The van der Waals surface area contributed by atoms with Gasteiger partial charge in [-0.1, -0.05) is 0 Å². The Morgan fingerprint density at radius 3 is 1.39 bits per heavy atom. The van der Waals surface area contributed by atoms with Crippen LogP contribution in [0.5, 0.6) is 0 Å². The average Bonchev–Trinajstić information content (AvgIpc) is 2.41. The molecule has 2 unspecified atom stereocenters. The van der Waals surface area contributed by atoms with E-state index in [1.807, 2.05) is 0 Å². The number of nitrogens with two attached hydrogens (primary N) is 2. The molecule has 2 atom stereocenters. The predicted octanol–water partition coefficient (Wildman–Crippen LogP) is -3.75. The molecule has 0 aliphatic carbocycles. The van der Waals surface area contributed by atoms with E-state index in [9.17, 15) is 9.59 Å². The van der Waals surface area contributed by atoms with Crippen LogP contribution in [0.15, 0.2) is 9.98 Å². The Morgan fingerprint density at radius 1 is 0.957 bits per heavy atom. The number of rotatable bonds is 0. The van der Waals surface area contributed by atoms with E-state index in [4.69, 9.17) is 39.8 Å². The average molecular weight is 350 g/mol. The lowest BCUT2D eigenvalue weighted by Crippen LogP contribution is -2.48. The zero-order chi connectivity index (χ0) is 18.2. The second-order valence-electron chi connectivity index (χ2n) is 3.71. The third-order valence-corrected chi connectivity index (χ3v) is 1.98.